The third-order valence-electron chi connectivity index (χ3n) is 5.72. The van der Waals surface area contributed by atoms with Gasteiger partial charge in [0.1, 0.15) is 5.92 Å². The molecule has 2 unspecified atom stereocenters. The lowest BCUT2D eigenvalue weighted by Gasteiger charge is -2.32. The SMILES string of the molecule is CCC1CCCN(CCc2c(C(CO)C(=O)OC)[nH]c3ccccc23)C1. The molecule has 2 atom stereocenters. The highest BCUT2D eigenvalue weighted by Crippen LogP contribution is 2.30. The Kier molecular flexibility index (Phi) is 6.33. The number of benzene rings is 1. The molecule has 0 aliphatic carbocycles. The number of methoxy groups -OCH3 is 1. The van der Waals surface area contributed by atoms with Crippen LogP contribution in [0.5, 0.6) is 0 Å². The van der Waals surface area contributed by atoms with Crippen molar-refractivity contribution in [2.75, 3.05) is 33.4 Å². The molecule has 1 fully saturated rings. The number of aliphatic hydroxyl groups excluding tert-OH is 1. The number of rotatable bonds is 7. The van der Waals surface area contributed by atoms with Crippen molar-refractivity contribution < 1.29 is 14.6 Å². The first kappa shape index (κ1) is 18.9. The fourth-order valence-electron chi connectivity index (χ4n) is 4.17. The van der Waals surface area contributed by atoms with Crippen LogP contribution in [0.1, 0.15) is 43.4 Å². The lowest BCUT2D eigenvalue weighted by atomic mass is 9.94. The maximum absolute atomic E-state index is 12.1. The fourth-order valence-corrected chi connectivity index (χ4v) is 4.17. The summed E-state index contributed by atoms with van der Waals surface area (Å²) in [6.07, 6.45) is 4.70. The molecule has 0 bridgehead atoms. The van der Waals surface area contributed by atoms with Gasteiger partial charge < -0.3 is 19.7 Å². The zero-order chi connectivity index (χ0) is 18.5. The number of fused-ring (bicyclic) bond motifs is 1. The summed E-state index contributed by atoms with van der Waals surface area (Å²) in [5.74, 6) is -0.261. The molecule has 0 radical (unpaired) electrons. The number of ether oxygens (including phenoxy) is 1. The predicted molar refractivity (Wildman–Crippen MR) is 103 cm³/mol. The van der Waals surface area contributed by atoms with Gasteiger partial charge in [-0.25, -0.2) is 0 Å². The molecule has 1 aliphatic heterocycles. The van der Waals surface area contributed by atoms with E-state index < -0.39 is 11.9 Å². The fraction of sp³-hybridized carbons (Fsp3) is 0.571. The highest BCUT2D eigenvalue weighted by atomic mass is 16.5. The van der Waals surface area contributed by atoms with E-state index in [4.69, 9.17) is 4.74 Å². The molecule has 5 nitrogen and oxygen atoms in total. The second kappa shape index (κ2) is 8.69. The molecular formula is C21H30N2O3. The molecule has 1 saturated heterocycles. The van der Waals surface area contributed by atoms with Crippen molar-refractivity contribution in [2.45, 2.75) is 38.5 Å². The number of carbonyl (C=O) groups excluding carboxylic acids is 1. The topological polar surface area (TPSA) is 65.6 Å². The maximum Gasteiger partial charge on any atom is 0.317 e. The van der Waals surface area contributed by atoms with E-state index in [0.29, 0.717) is 0 Å². The lowest BCUT2D eigenvalue weighted by molar-refractivity contribution is -0.143. The van der Waals surface area contributed by atoms with Crippen LogP contribution in [-0.4, -0.2) is 54.3 Å². The van der Waals surface area contributed by atoms with E-state index in [1.165, 1.54) is 26.4 Å². The Morgan fingerprint density at radius 3 is 2.96 bits per heavy atom. The summed E-state index contributed by atoms with van der Waals surface area (Å²) in [4.78, 5) is 18.0. The normalized spacial score (nSPS) is 19.6. The smallest absolute Gasteiger partial charge is 0.317 e. The molecule has 3 rings (SSSR count). The number of aromatic nitrogens is 1. The summed E-state index contributed by atoms with van der Waals surface area (Å²) < 4.78 is 4.90. The van der Waals surface area contributed by atoms with E-state index in [1.54, 1.807) is 0 Å². The minimum atomic E-state index is -0.660. The summed E-state index contributed by atoms with van der Waals surface area (Å²) in [6.45, 7) is 5.30. The summed E-state index contributed by atoms with van der Waals surface area (Å²) in [5, 5.41) is 10.9. The molecule has 1 aromatic heterocycles. The van der Waals surface area contributed by atoms with E-state index >= 15 is 0 Å². The molecule has 142 valence electrons. The maximum atomic E-state index is 12.1. The molecule has 1 aliphatic rings. The Labute approximate surface area is 155 Å². The van der Waals surface area contributed by atoms with Crippen molar-refractivity contribution in [3.63, 3.8) is 0 Å². The van der Waals surface area contributed by atoms with Crippen LogP contribution < -0.4 is 0 Å². The largest absolute Gasteiger partial charge is 0.468 e. The van der Waals surface area contributed by atoms with Crippen LogP contribution in [0, 0.1) is 5.92 Å². The number of carbonyl (C=O) groups is 1. The number of H-pyrrole nitrogens is 1. The minimum absolute atomic E-state index is 0.256. The summed E-state index contributed by atoms with van der Waals surface area (Å²) in [6, 6.07) is 8.10. The van der Waals surface area contributed by atoms with Gasteiger partial charge in [0.25, 0.3) is 0 Å². The number of nitrogens with zero attached hydrogens (tertiary/aromatic N) is 1. The van der Waals surface area contributed by atoms with Crippen molar-refractivity contribution in [3.05, 3.63) is 35.5 Å². The quantitative estimate of drug-likeness (QED) is 0.747. The molecule has 2 heterocycles. The van der Waals surface area contributed by atoms with E-state index in [1.807, 2.05) is 18.2 Å². The van der Waals surface area contributed by atoms with Gasteiger partial charge in [0, 0.05) is 29.7 Å². The van der Waals surface area contributed by atoms with Gasteiger partial charge in [-0.05, 0) is 43.4 Å². The minimum Gasteiger partial charge on any atom is -0.468 e. The first-order valence-corrected chi connectivity index (χ1v) is 9.68. The van der Waals surface area contributed by atoms with Gasteiger partial charge in [0.05, 0.1) is 13.7 Å². The number of aliphatic hydroxyl groups is 1. The molecule has 0 spiro atoms. The molecule has 5 heteroatoms. The molecule has 2 aromatic rings. The van der Waals surface area contributed by atoms with E-state index in [0.717, 1.165) is 54.1 Å². The standard InChI is InChI=1S/C21H30N2O3/c1-3-15-7-6-11-23(13-15)12-10-17-16-8-4-5-9-19(16)22-20(17)18(14-24)21(25)26-2/h4-5,8-9,15,18,22,24H,3,6-7,10-14H2,1-2H3. The predicted octanol–water partition coefficient (Wildman–Crippen LogP) is 3.08. The van der Waals surface area contributed by atoms with Crippen LogP contribution in [0.2, 0.25) is 0 Å². The Balaban J connectivity index is 1.85. The first-order chi connectivity index (χ1) is 12.7. The first-order valence-electron chi connectivity index (χ1n) is 9.68. The Bertz CT molecular complexity index is 740. The number of likely N-dealkylation sites (tertiary alicyclic amines) is 1. The molecule has 2 N–H and O–H groups in total. The average molecular weight is 358 g/mol. The second-order valence-electron chi connectivity index (χ2n) is 7.29. The van der Waals surface area contributed by atoms with Gasteiger partial charge in [0.2, 0.25) is 0 Å². The van der Waals surface area contributed by atoms with Gasteiger partial charge >= 0.3 is 5.97 Å². The number of para-hydroxylation sites is 1. The number of hydrogen-bond donors (Lipinski definition) is 2. The molecule has 26 heavy (non-hydrogen) atoms. The van der Waals surface area contributed by atoms with E-state index in [9.17, 15) is 9.90 Å². The number of nitrogens with one attached hydrogen (secondary N) is 1. The van der Waals surface area contributed by atoms with E-state index in [2.05, 4.69) is 22.9 Å². The Hall–Kier alpha value is -1.85. The summed E-state index contributed by atoms with van der Waals surface area (Å²) >= 11 is 0. The molecule has 1 aromatic carbocycles. The van der Waals surface area contributed by atoms with Crippen molar-refractivity contribution in [1.82, 2.24) is 9.88 Å². The van der Waals surface area contributed by atoms with Crippen LogP contribution >= 0.6 is 0 Å². The van der Waals surface area contributed by atoms with Crippen LogP contribution in [-0.2, 0) is 16.0 Å². The van der Waals surface area contributed by atoms with Gasteiger partial charge in [0.15, 0.2) is 0 Å². The monoisotopic (exact) mass is 358 g/mol. The van der Waals surface area contributed by atoms with Crippen LogP contribution in [0.4, 0.5) is 0 Å². The van der Waals surface area contributed by atoms with Gasteiger partial charge in [-0.15, -0.1) is 0 Å². The average Bonchev–Trinajstić information content (AvgIpc) is 3.05. The van der Waals surface area contributed by atoms with Crippen molar-refractivity contribution >= 4 is 16.9 Å². The van der Waals surface area contributed by atoms with Crippen LogP contribution in [0.25, 0.3) is 10.9 Å². The van der Waals surface area contributed by atoms with Gasteiger partial charge in [-0.1, -0.05) is 31.5 Å². The number of aromatic amines is 1. The second-order valence-corrected chi connectivity index (χ2v) is 7.29. The zero-order valence-electron chi connectivity index (χ0n) is 15.8. The van der Waals surface area contributed by atoms with Gasteiger partial charge in [-0.2, -0.15) is 0 Å². The molecule has 0 saturated carbocycles. The highest BCUT2D eigenvalue weighted by Gasteiger charge is 2.27. The van der Waals surface area contributed by atoms with E-state index in [-0.39, 0.29) is 6.61 Å². The number of esters is 1. The zero-order valence-corrected chi connectivity index (χ0v) is 15.8. The van der Waals surface area contributed by atoms with Gasteiger partial charge in [-0.3, -0.25) is 4.79 Å². The van der Waals surface area contributed by atoms with Crippen molar-refractivity contribution in [2.24, 2.45) is 5.92 Å². The molecule has 0 amide bonds. The Morgan fingerprint density at radius 1 is 1.42 bits per heavy atom. The van der Waals surface area contributed by atoms with Crippen molar-refractivity contribution in [1.29, 1.82) is 0 Å². The third kappa shape index (κ3) is 3.94. The van der Waals surface area contributed by atoms with Crippen LogP contribution in [0.3, 0.4) is 0 Å². The van der Waals surface area contributed by atoms with Crippen molar-refractivity contribution in [3.8, 4) is 0 Å². The van der Waals surface area contributed by atoms with Crippen LogP contribution in [0.15, 0.2) is 24.3 Å². The number of hydrogen-bond acceptors (Lipinski definition) is 4. The Morgan fingerprint density at radius 2 is 2.23 bits per heavy atom. The molecular weight excluding hydrogens is 328 g/mol. The highest BCUT2D eigenvalue weighted by molar-refractivity contribution is 5.88. The lowest BCUT2D eigenvalue weighted by Crippen LogP contribution is -2.36. The summed E-state index contributed by atoms with van der Waals surface area (Å²) in [5.41, 5.74) is 2.93. The summed E-state index contributed by atoms with van der Waals surface area (Å²) in [7, 11) is 1.37. The third-order valence-corrected chi connectivity index (χ3v) is 5.72. The number of piperidine rings is 1.